The second kappa shape index (κ2) is 9.23. The van der Waals surface area contributed by atoms with Gasteiger partial charge in [0.25, 0.3) is 0 Å². The molecule has 1 rings (SSSR count). The number of carboxylic acids is 1. The maximum absolute atomic E-state index is 13.3. The zero-order valence-electron chi connectivity index (χ0n) is 11.7. The molecule has 0 aliphatic heterocycles. The molecule has 0 fully saturated rings. The number of carboxylic acid groups (broad SMARTS) is 1. The number of hydrogen-bond donors (Lipinski definition) is 2. The predicted molar refractivity (Wildman–Crippen MR) is 79.1 cm³/mol. The number of halogens is 1. The number of thioether (sulfide) groups is 1. The normalized spacial score (nSPS) is 11.7. The Morgan fingerprint density at radius 1 is 1.43 bits per heavy atom. The van der Waals surface area contributed by atoms with Gasteiger partial charge in [0, 0.05) is 0 Å². The molecule has 0 saturated carbocycles. The van der Waals surface area contributed by atoms with E-state index in [0.717, 1.165) is 0 Å². The van der Waals surface area contributed by atoms with Gasteiger partial charge in [-0.15, -0.1) is 0 Å². The molecule has 2 N–H and O–H groups in total. The van der Waals surface area contributed by atoms with Crippen LogP contribution in [0.2, 0.25) is 0 Å². The summed E-state index contributed by atoms with van der Waals surface area (Å²) in [4.78, 5) is 22.6. The van der Waals surface area contributed by atoms with Crippen LogP contribution in [-0.4, -0.2) is 41.6 Å². The van der Waals surface area contributed by atoms with Crippen molar-refractivity contribution < 1.29 is 23.8 Å². The number of benzene rings is 1. The first kappa shape index (κ1) is 17.3. The minimum Gasteiger partial charge on any atom is -0.490 e. The maximum Gasteiger partial charge on any atom is 0.326 e. The molecule has 0 aliphatic carbocycles. The lowest BCUT2D eigenvalue weighted by molar-refractivity contribution is -0.141. The van der Waals surface area contributed by atoms with Crippen molar-refractivity contribution in [3.8, 4) is 5.75 Å². The van der Waals surface area contributed by atoms with Gasteiger partial charge in [0.1, 0.15) is 6.04 Å². The number of amides is 1. The SMILES string of the molecule is CSCCC(NC(=O)CCOc1ccccc1F)C(=O)O. The highest BCUT2D eigenvalue weighted by molar-refractivity contribution is 7.98. The molecular formula is C14H18FNO4S. The molecule has 0 heterocycles. The van der Waals surface area contributed by atoms with Gasteiger partial charge in [0.05, 0.1) is 13.0 Å². The molecule has 0 radical (unpaired) electrons. The van der Waals surface area contributed by atoms with Crippen molar-refractivity contribution >= 4 is 23.6 Å². The van der Waals surface area contributed by atoms with Crippen molar-refractivity contribution in [1.29, 1.82) is 0 Å². The average molecular weight is 315 g/mol. The molecule has 1 aromatic carbocycles. The quantitative estimate of drug-likeness (QED) is 0.728. The van der Waals surface area contributed by atoms with Crippen molar-refractivity contribution in [1.82, 2.24) is 5.32 Å². The largest absolute Gasteiger partial charge is 0.490 e. The molecule has 1 amide bonds. The highest BCUT2D eigenvalue weighted by Gasteiger charge is 2.19. The van der Waals surface area contributed by atoms with Crippen LogP contribution in [0, 0.1) is 5.82 Å². The molecule has 7 heteroatoms. The molecule has 116 valence electrons. The summed E-state index contributed by atoms with van der Waals surface area (Å²) in [6.07, 6.45) is 2.19. The van der Waals surface area contributed by atoms with Gasteiger partial charge in [-0.25, -0.2) is 9.18 Å². The number of aliphatic carboxylic acids is 1. The van der Waals surface area contributed by atoms with Crippen LogP contribution in [0.25, 0.3) is 0 Å². The van der Waals surface area contributed by atoms with Crippen molar-refractivity contribution in [2.75, 3.05) is 18.6 Å². The molecule has 0 saturated heterocycles. The van der Waals surface area contributed by atoms with E-state index in [1.807, 2.05) is 6.26 Å². The van der Waals surface area contributed by atoms with E-state index in [1.54, 1.807) is 6.07 Å². The Hall–Kier alpha value is -1.76. The van der Waals surface area contributed by atoms with Crippen LogP contribution in [0.5, 0.6) is 5.75 Å². The van der Waals surface area contributed by atoms with Crippen LogP contribution in [0.1, 0.15) is 12.8 Å². The maximum atomic E-state index is 13.3. The smallest absolute Gasteiger partial charge is 0.326 e. The average Bonchev–Trinajstić information content (AvgIpc) is 2.45. The zero-order chi connectivity index (χ0) is 15.7. The summed E-state index contributed by atoms with van der Waals surface area (Å²) in [5, 5.41) is 11.4. The first-order chi connectivity index (χ1) is 10.0. The van der Waals surface area contributed by atoms with Crippen LogP contribution >= 0.6 is 11.8 Å². The summed E-state index contributed by atoms with van der Waals surface area (Å²) in [6, 6.07) is 4.99. The van der Waals surface area contributed by atoms with E-state index in [1.165, 1.54) is 30.0 Å². The molecular weight excluding hydrogens is 297 g/mol. The van der Waals surface area contributed by atoms with Gasteiger partial charge in [-0.1, -0.05) is 12.1 Å². The zero-order valence-corrected chi connectivity index (χ0v) is 12.5. The Balaban J connectivity index is 2.36. The fourth-order valence-electron chi connectivity index (χ4n) is 1.58. The Morgan fingerprint density at radius 3 is 2.76 bits per heavy atom. The first-order valence-corrected chi connectivity index (χ1v) is 7.82. The summed E-state index contributed by atoms with van der Waals surface area (Å²) in [7, 11) is 0. The number of carbonyl (C=O) groups excluding carboxylic acids is 1. The second-order valence-electron chi connectivity index (χ2n) is 4.27. The molecule has 1 atom stereocenters. The highest BCUT2D eigenvalue weighted by Crippen LogP contribution is 2.15. The van der Waals surface area contributed by atoms with Crippen molar-refractivity contribution in [3.63, 3.8) is 0 Å². The molecule has 21 heavy (non-hydrogen) atoms. The summed E-state index contributed by atoms with van der Waals surface area (Å²) in [6.45, 7) is -0.0123. The second-order valence-corrected chi connectivity index (χ2v) is 5.25. The van der Waals surface area contributed by atoms with E-state index in [9.17, 15) is 14.0 Å². The number of carbonyl (C=O) groups is 2. The van der Waals surface area contributed by atoms with E-state index < -0.39 is 23.7 Å². The third kappa shape index (κ3) is 6.48. The minimum atomic E-state index is -1.06. The highest BCUT2D eigenvalue weighted by atomic mass is 32.2. The number of para-hydroxylation sites is 1. The van der Waals surface area contributed by atoms with Crippen LogP contribution in [-0.2, 0) is 9.59 Å². The van der Waals surface area contributed by atoms with E-state index in [0.29, 0.717) is 12.2 Å². The van der Waals surface area contributed by atoms with Crippen molar-refractivity contribution in [2.24, 2.45) is 0 Å². The van der Waals surface area contributed by atoms with E-state index >= 15 is 0 Å². The Morgan fingerprint density at radius 2 is 2.14 bits per heavy atom. The lowest BCUT2D eigenvalue weighted by Crippen LogP contribution is -2.41. The molecule has 0 bridgehead atoms. The number of ether oxygens (including phenoxy) is 1. The van der Waals surface area contributed by atoms with E-state index in [2.05, 4.69) is 5.32 Å². The monoisotopic (exact) mass is 315 g/mol. The number of rotatable bonds is 9. The summed E-state index contributed by atoms with van der Waals surface area (Å²) < 4.78 is 18.4. The third-order valence-corrected chi connectivity index (χ3v) is 3.31. The van der Waals surface area contributed by atoms with Gasteiger partial charge >= 0.3 is 5.97 Å². The molecule has 0 aliphatic rings. The Bertz CT molecular complexity index is 484. The van der Waals surface area contributed by atoms with Crippen LogP contribution in [0.15, 0.2) is 24.3 Å². The van der Waals surface area contributed by atoms with Crippen molar-refractivity contribution in [2.45, 2.75) is 18.9 Å². The summed E-state index contributed by atoms with van der Waals surface area (Å²) in [5.41, 5.74) is 0. The van der Waals surface area contributed by atoms with Crippen LogP contribution in [0.3, 0.4) is 0 Å². The van der Waals surface area contributed by atoms with E-state index in [-0.39, 0.29) is 18.8 Å². The molecule has 5 nitrogen and oxygen atoms in total. The topological polar surface area (TPSA) is 75.6 Å². The van der Waals surface area contributed by atoms with Gasteiger partial charge in [-0.2, -0.15) is 11.8 Å². The first-order valence-electron chi connectivity index (χ1n) is 6.43. The lowest BCUT2D eigenvalue weighted by atomic mass is 10.2. The van der Waals surface area contributed by atoms with Gasteiger partial charge in [0.2, 0.25) is 5.91 Å². The van der Waals surface area contributed by atoms with Gasteiger partial charge in [0.15, 0.2) is 11.6 Å². The van der Waals surface area contributed by atoms with Gasteiger partial charge in [-0.3, -0.25) is 4.79 Å². The van der Waals surface area contributed by atoms with Crippen molar-refractivity contribution in [3.05, 3.63) is 30.1 Å². The molecule has 0 aromatic heterocycles. The fraction of sp³-hybridized carbons (Fsp3) is 0.429. The fourth-order valence-corrected chi connectivity index (χ4v) is 2.05. The standard InChI is InChI=1S/C14H18FNO4S/c1-21-9-7-11(14(18)19)16-13(17)6-8-20-12-5-3-2-4-10(12)15/h2-5,11H,6-9H2,1H3,(H,16,17)(H,18,19). The van der Waals surface area contributed by atoms with Gasteiger partial charge < -0.3 is 15.2 Å². The van der Waals surface area contributed by atoms with E-state index in [4.69, 9.17) is 9.84 Å². The number of hydrogen-bond acceptors (Lipinski definition) is 4. The predicted octanol–water partition coefficient (Wildman–Crippen LogP) is 1.92. The molecule has 1 aromatic rings. The Labute approximate surface area is 126 Å². The number of nitrogens with one attached hydrogen (secondary N) is 1. The summed E-state index contributed by atoms with van der Waals surface area (Å²) in [5.74, 6) is -1.28. The molecule has 1 unspecified atom stereocenters. The van der Waals surface area contributed by atoms with Gasteiger partial charge in [-0.05, 0) is 30.6 Å². The molecule has 0 spiro atoms. The van der Waals surface area contributed by atoms with Crippen LogP contribution in [0.4, 0.5) is 4.39 Å². The lowest BCUT2D eigenvalue weighted by Gasteiger charge is -2.14. The Kier molecular flexibility index (Phi) is 7.60. The summed E-state index contributed by atoms with van der Waals surface area (Å²) >= 11 is 1.51. The van der Waals surface area contributed by atoms with Crippen LogP contribution < -0.4 is 10.1 Å². The third-order valence-electron chi connectivity index (χ3n) is 2.67. The minimum absolute atomic E-state index is 0.0123.